The van der Waals surface area contributed by atoms with Crippen LogP contribution >= 0.6 is 0 Å². The first-order chi connectivity index (χ1) is 11.8. The van der Waals surface area contributed by atoms with E-state index >= 15 is 0 Å². The van der Waals surface area contributed by atoms with Crippen LogP contribution in [0.2, 0.25) is 0 Å². The Morgan fingerprint density at radius 1 is 0.875 bits per heavy atom. The third-order valence-corrected chi connectivity index (χ3v) is 5.34. The van der Waals surface area contributed by atoms with Gasteiger partial charge in [-0.3, -0.25) is 0 Å². The topological polar surface area (TPSA) is 20.5 Å². The van der Waals surface area contributed by atoms with Gasteiger partial charge >= 0.3 is 0 Å². The molecule has 3 nitrogen and oxygen atoms in total. The second-order valence-electron chi connectivity index (χ2n) is 6.85. The number of fused-ring (bicyclic) bond motifs is 6. The van der Waals surface area contributed by atoms with E-state index in [1.807, 2.05) is 6.20 Å². The van der Waals surface area contributed by atoms with Gasteiger partial charge in [0, 0.05) is 35.7 Å². The van der Waals surface area contributed by atoms with Crippen LogP contribution in [-0.2, 0) is 0 Å². The zero-order valence-electron chi connectivity index (χ0n) is 14.0. The average Bonchev–Trinajstić information content (AvgIpc) is 3.04. The number of pyridine rings is 1. The van der Waals surface area contributed by atoms with E-state index in [0.29, 0.717) is 0 Å². The molecule has 0 atom stereocenters. The third-order valence-electron chi connectivity index (χ3n) is 5.34. The molecule has 1 fully saturated rings. The fraction of sp³-hybridized carbons (Fsp3) is 0.250. The van der Waals surface area contributed by atoms with E-state index in [9.17, 15) is 0 Å². The Hall–Kier alpha value is -2.49. The molecule has 0 amide bonds. The van der Waals surface area contributed by atoms with Crippen LogP contribution in [0.3, 0.4) is 0 Å². The Morgan fingerprint density at radius 3 is 2.50 bits per heavy atom. The zero-order valence-corrected chi connectivity index (χ0v) is 14.0. The Kier molecular flexibility index (Phi) is 3.05. The standard InChI is InChI=1S/C20H20BN3/c21-19-13-22-20-16-7-3-2-6-15(16)17-12-14(8-9-18(17)24(19)20)23-10-4-1-5-11-23/h2-3,6-9,12-13H,1,4-5,10-11,21H2. The van der Waals surface area contributed by atoms with Crippen molar-refractivity contribution in [1.82, 2.24) is 9.38 Å². The van der Waals surface area contributed by atoms with Crippen molar-refractivity contribution in [1.29, 1.82) is 0 Å². The highest BCUT2D eigenvalue weighted by Crippen LogP contribution is 2.31. The Labute approximate surface area is 142 Å². The number of imidazole rings is 1. The summed E-state index contributed by atoms with van der Waals surface area (Å²) >= 11 is 0. The maximum Gasteiger partial charge on any atom is 0.163 e. The van der Waals surface area contributed by atoms with Crippen molar-refractivity contribution in [2.75, 3.05) is 18.0 Å². The number of nitrogens with zero attached hydrogens (tertiary/aromatic N) is 3. The van der Waals surface area contributed by atoms with Gasteiger partial charge in [0.1, 0.15) is 5.65 Å². The molecule has 1 aliphatic heterocycles. The molecule has 0 aliphatic carbocycles. The first-order valence-corrected chi connectivity index (χ1v) is 8.86. The van der Waals surface area contributed by atoms with Gasteiger partial charge in [-0.05, 0) is 48.4 Å². The summed E-state index contributed by atoms with van der Waals surface area (Å²) in [6.07, 6.45) is 5.94. The van der Waals surface area contributed by atoms with Gasteiger partial charge in [-0.25, -0.2) is 4.98 Å². The van der Waals surface area contributed by atoms with E-state index in [-0.39, 0.29) is 0 Å². The lowest BCUT2D eigenvalue weighted by molar-refractivity contribution is 0.578. The van der Waals surface area contributed by atoms with Crippen LogP contribution < -0.4 is 10.5 Å². The third kappa shape index (κ3) is 1.95. The van der Waals surface area contributed by atoms with Gasteiger partial charge in [0.2, 0.25) is 0 Å². The molecule has 0 N–H and O–H groups in total. The lowest BCUT2D eigenvalue weighted by atomic mass is 10.0. The highest BCUT2D eigenvalue weighted by Gasteiger charge is 2.15. The Bertz CT molecular complexity index is 1060. The molecule has 0 bridgehead atoms. The normalized spacial score (nSPS) is 15.6. The van der Waals surface area contributed by atoms with Crippen molar-refractivity contribution in [3.05, 3.63) is 48.7 Å². The highest BCUT2D eigenvalue weighted by atomic mass is 15.1. The molecule has 2 aromatic heterocycles. The molecule has 1 saturated heterocycles. The number of anilines is 1. The lowest BCUT2D eigenvalue weighted by Crippen LogP contribution is -2.29. The second kappa shape index (κ2) is 5.27. The van der Waals surface area contributed by atoms with Crippen LogP contribution in [0.4, 0.5) is 5.69 Å². The van der Waals surface area contributed by atoms with Crippen LogP contribution in [-0.4, -0.2) is 30.3 Å². The van der Waals surface area contributed by atoms with Crippen molar-refractivity contribution >= 4 is 46.4 Å². The van der Waals surface area contributed by atoms with Gasteiger partial charge in [0.25, 0.3) is 0 Å². The minimum atomic E-state index is 1.06. The summed E-state index contributed by atoms with van der Waals surface area (Å²) in [5.74, 6) is 0. The molecule has 0 radical (unpaired) electrons. The minimum absolute atomic E-state index is 1.06. The van der Waals surface area contributed by atoms with Gasteiger partial charge in [0.05, 0.1) is 5.52 Å². The van der Waals surface area contributed by atoms with Crippen molar-refractivity contribution < 1.29 is 0 Å². The average molecular weight is 313 g/mol. The van der Waals surface area contributed by atoms with Crippen LogP contribution in [0, 0.1) is 0 Å². The van der Waals surface area contributed by atoms with Crippen molar-refractivity contribution in [2.45, 2.75) is 19.3 Å². The van der Waals surface area contributed by atoms with E-state index in [2.05, 4.69) is 64.6 Å². The predicted molar refractivity (Wildman–Crippen MR) is 104 cm³/mol. The molecule has 4 aromatic rings. The fourth-order valence-electron chi connectivity index (χ4n) is 4.13. The molecular weight excluding hydrogens is 293 g/mol. The Morgan fingerprint density at radius 2 is 1.67 bits per heavy atom. The fourth-order valence-corrected chi connectivity index (χ4v) is 4.13. The minimum Gasteiger partial charge on any atom is -0.372 e. The molecule has 2 aromatic carbocycles. The van der Waals surface area contributed by atoms with Crippen LogP contribution in [0.1, 0.15) is 19.3 Å². The van der Waals surface area contributed by atoms with Gasteiger partial charge < -0.3 is 9.30 Å². The number of rotatable bonds is 1. The first kappa shape index (κ1) is 13.9. The van der Waals surface area contributed by atoms with Crippen molar-refractivity contribution in [3.8, 4) is 0 Å². The summed E-state index contributed by atoms with van der Waals surface area (Å²) in [7, 11) is 2.13. The zero-order chi connectivity index (χ0) is 16.1. The SMILES string of the molecule is Bc1cnc2c3ccccc3c3cc(N4CCCCC4)ccc3n12. The summed E-state index contributed by atoms with van der Waals surface area (Å²) in [5, 5.41) is 3.85. The smallest absolute Gasteiger partial charge is 0.163 e. The number of benzene rings is 2. The molecule has 24 heavy (non-hydrogen) atoms. The lowest BCUT2D eigenvalue weighted by Gasteiger charge is -2.29. The van der Waals surface area contributed by atoms with Crippen LogP contribution in [0.15, 0.2) is 48.7 Å². The number of piperidine rings is 1. The van der Waals surface area contributed by atoms with Crippen LogP contribution in [0.5, 0.6) is 0 Å². The van der Waals surface area contributed by atoms with E-state index < -0.39 is 0 Å². The summed E-state index contributed by atoms with van der Waals surface area (Å²) in [5.41, 5.74) is 4.84. The molecule has 0 spiro atoms. The summed E-state index contributed by atoms with van der Waals surface area (Å²) in [4.78, 5) is 7.19. The summed E-state index contributed by atoms with van der Waals surface area (Å²) in [6.45, 7) is 2.35. The van der Waals surface area contributed by atoms with E-state index in [0.717, 1.165) is 5.65 Å². The van der Waals surface area contributed by atoms with Gasteiger partial charge in [-0.2, -0.15) is 0 Å². The highest BCUT2D eigenvalue weighted by molar-refractivity contribution is 6.32. The van der Waals surface area contributed by atoms with Gasteiger partial charge in [-0.15, -0.1) is 0 Å². The van der Waals surface area contributed by atoms with Gasteiger partial charge in [-0.1, -0.05) is 24.3 Å². The summed E-state index contributed by atoms with van der Waals surface area (Å²) < 4.78 is 2.29. The molecule has 4 heteroatoms. The molecule has 3 heterocycles. The first-order valence-electron chi connectivity index (χ1n) is 8.86. The quantitative estimate of drug-likeness (QED) is 0.398. The van der Waals surface area contributed by atoms with Crippen molar-refractivity contribution in [2.24, 2.45) is 0 Å². The largest absolute Gasteiger partial charge is 0.372 e. The number of hydrogen-bond acceptors (Lipinski definition) is 2. The molecule has 118 valence electrons. The molecular formula is C20H20BN3. The predicted octanol–water partition coefficient (Wildman–Crippen LogP) is 2.89. The number of aromatic nitrogens is 2. The maximum atomic E-state index is 4.66. The van der Waals surface area contributed by atoms with E-state index in [4.69, 9.17) is 0 Å². The van der Waals surface area contributed by atoms with Crippen LogP contribution in [0.25, 0.3) is 27.3 Å². The Balaban J connectivity index is 1.86. The molecule has 5 rings (SSSR count). The second-order valence-corrected chi connectivity index (χ2v) is 6.85. The molecule has 0 saturated carbocycles. The monoisotopic (exact) mass is 313 g/mol. The van der Waals surface area contributed by atoms with Gasteiger partial charge in [0.15, 0.2) is 7.85 Å². The molecule has 0 unspecified atom stereocenters. The maximum absolute atomic E-state index is 4.66. The van der Waals surface area contributed by atoms with E-state index in [1.54, 1.807) is 0 Å². The van der Waals surface area contributed by atoms with E-state index in [1.165, 1.54) is 65.3 Å². The summed E-state index contributed by atoms with van der Waals surface area (Å²) in [6, 6.07) is 15.6. The number of hydrogen-bond donors (Lipinski definition) is 0. The van der Waals surface area contributed by atoms with Crippen molar-refractivity contribution in [3.63, 3.8) is 0 Å². The molecule has 1 aliphatic rings.